The molecule has 0 aliphatic carbocycles. The summed E-state index contributed by atoms with van der Waals surface area (Å²) in [6, 6.07) is 9.13. The molecule has 0 saturated heterocycles. The molecule has 1 unspecified atom stereocenters. The Labute approximate surface area is 183 Å². The molecule has 2 atom stereocenters. The molecule has 12 heteroatoms. The molecule has 0 spiro atoms. The molecule has 0 bridgehead atoms. The number of pyridine rings is 1. The van der Waals surface area contributed by atoms with Gasteiger partial charge in [-0.3, -0.25) is 9.48 Å². The first-order valence-electron chi connectivity index (χ1n) is 9.99. The third-order valence-electron chi connectivity index (χ3n) is 5.65. The molecule has 6 heterocycles. The second-order valence-corrected chi connectivity index (χ2v) is 8.12. The first-order valence-corrected chi connectivity index (χ1v) is 10.6. The fraction of sp³-hybridized carbons (Fsp3) is 0.200. The van der Waals surface area contributed by atoms with Crippen molar-refractivity contribution < 1.29 is 9.21 Å². The van der Waals surface area contributed by atoms with Crippen LogP contribution in [0.5, 0.6) is 0 Å². The molecule has 1 aliphatic rings. The Morgan fingerprint density at radius 3 is 3.00 bits per heavy atom. The molecule has 32 heavy (non-hydrogen) atoms. The van der Waals surface area contributed by atoms with Crippen LogP contribution in [0.1, 0.15) is 33.8 Å². The first kappa shape index (κ1) is 18.9. The topological polar surface area (TPSA) is 123 Å². The average Bonchev–Trinajstić information content (AvgIpc) is 3.57. The van der Waals surface area contributed by atoms with E-state index < -0.39 is 6.04 Å². The van der Waals surface area contributed by atoms with Crippen molar-refractivity contribution in [1.82, 2.24) is 44.5 Å². The van der Waals surface area contributed by atoms with Gasteiger partial charge in [0.1, 0.15) is 11.7 Å². The fourth-order valence-corrected chi connectivity index (χ4v) is 4.42. The van der Waals surface area contributed by atoms with Gasteiger partial charge >= 0.3 is 11.8 Å². The van der Waals surface area contributed by atoms with E-state index in [-0.39, 0.29) is 17.7 Å². The van der Waals surface area contributed by atoms with Gasteiger partial charge in [-0.2, -0.15) is 10.2 Å². The van der Waals surface area contributed by atoms with Crippen LogP contribution in [0.15, 0.2) is 47.3 Å². The van der Waals surface area contributed by atoms with Crippen molar-refractivity contribution in [2.75, 3.05) is 6.54 Å². The highest BCUT2D eigenvalue weighted by Gasteiger charge is 2.38. The van der Waals surface area contributed by atoms with E-state index in [9.17, 15) is 4.79 Å². The Kier molecular flexibility index (Phi) is 4.19. The lowest BCUT2D eigenvalue weighted by atomic mass is 9.99. The average molecular weight is 447 g/mol. The van der Waals surface area contributed by atoms with Crippen LogP contribution in [0.2, 0.25) is 0 Å². The molecular formula is C20H18N9O2P. The predicted octanol–water partition coefficient (Wildman–Crippen LogP) is 1.13. The second-order valence-electron chi connectivity index (χ2n) is 7.53. The Hall–Kier alpha value is -3.85. The number of carbonyl (C=O) groups excluding carboxylic acids is 1. The minimum absolute atomic E-state index is 0.0827. The smallest absolute Gasteiger partial charge is 0.312 e. The van der Waals surface area contributed by atoms with Crippen molar-refractivity contribution in [1.29, 1.82) is 0 Å². The van der Waals surface area contributed by atoms with Gasteiger partial charge in [-0.15, -0.1) is 10.2 Å². The number of rotatable bonds is 3. The predicted molar refractivity (Wildman–Crippen MR) is 116 cm³/mol. The van der Waals surface area contributed by atoms with Gasteiger partial charge < -0.3 is 14.3 Å². The van der Waals surface area contributed by atoms with Gasteiger partial charge in [0, 0.05) is 31.9 Å². The number of imidazole rings is 1. The number of aromatic nitrogens is 8. The van der Waals surface area contributed by atoms with Crippen LogP contribution < -0.4 is 5.44 Å². The standard InChI is InChI=1S/C20H18N9O2P/c1-27-14(5-7-23-27)18-24-25-19(31-18)20(30)28-8-6-12-16(22-10-21-12)17(28)13-9-11-3-2-4-15(32)29(11)26-13/h2-5,7,9-10,17H,6,8,32H2,1H3,(H,21,22)/t17-/m1/s1. The van der Waals surface area contributed by atoms with Crippen LogP contribution in [-0.2, 0) is 13.5 Å². The molecule has 0 aromatic carbocycles. The van der Waals surface area contributed by atoms with Crippen molar-refractivity contribution in [3.8, 4) is 11.6 Å². The maximum absolute atomic E-state index is 13.5. The number of aryl methyl sites for hydroxylation is 1. The van der Waals surface area contributed by atoms with Gasteiger partial charge in [-0.25, -0.2) is 9.50 Å². The minimum Gasteiger partial charge on any atom is -0.411 e. The number of fused-ring (bicyclic) bond motifs is 2. The lowest BCUT2D eigenvalue weighted by molar-refractivity contribution is 0.0646. The summed E-state index contributed by atoms with van der Waals surface area (Å²) < 4.78 is 9.16. The number of hydrogen-bond acceptors (Lipinski definition) is 7. The van der Waals surface area contributed by atoms with Crippen LogP contribution in [0, 0.1) is 0 Å². The van der Waals surface area contributed by atoms with Crippen molar-refractivity contribution in [3.63, 3.8) is 0 Å². The number of H-pyrrole nitrogens is 1. The Morgan fingerprint density at radius 1 is 1.28 bits per heavy atom. The van der Waals surface area contributed by atoms with Gasteiger partial charge in [0.25, 0.3) is 5.89 Å². The van der Waals surface area contributed by atoms with E-state index in [1.165, 1.54) is 0 Å². The highest BCUT2D eigenvalue weighted by atomic mass is 31.0. The molecule has 0 radical (unpaired) electrons. The zero-order chi connectivity index (χ0) is 21.8. The molecule has 5 aromatic heterocycles. The summed E-state index contributed by atoms with van der Waals surface area (Å²) in [4.78, 5) is 22.9. The summed E-state index contributed by atoms with van der Waals surface area (Å²) in [5.41, 5.74) is 4.96. The Bertz CT molecular complexity index is 1460. The van der Waals surface area contributed by atoms with Gasteiger partial charge in [0.2, 0.25) is 0 Å². The molecular weight excluding hydrogens is 429 g/mol. The second kappa shape index (κ2) is 7.10. The minimum atomic E-state index is -0.478. The van der Waals surface area contributed by atoms with E-state index in [4.69, 9.17) is 9.52 Å². The highest BCUT2D eigenvalue weighted by Crippen LogP contribution is 2.34. The number of amides is 1. The summed E-state index contributed by atoms with van der Waals surface area (Å²) in [6.07, 6.45) is 3.92. The maximum atomic E-state index is 13.5. The lowest BCUT2D eigenvalue weighted by Crippen LogP contribution is -2.41. The van der Waals surface area contributed by atoms with E-state index in [0.717, 1.165) is 22.3 Å². The summed E-state index contributed by atoms with van der Waals surface area (Å²) >= 11 is 0. The van der Waals surface area contributed by atoms with Crippen molar-refractivity contribution in [2.24, 2.45) is 7.05 Å². The molecule has 11 nitrogen and oxygen atoms in total. The summed E-state index contributed by atoms with van der Waals surface area (Å²) in [7, 11) is 4.44. The van der Waals surface area contributed by atoms with E-state index in [2.05, 4.69) is 34.5 Å². The van der Waals surface area contributed by atoms with Gasteiger partial charge in [0.05, 0.1) is 28.7 Å². The Morgan fingerprint density at radius 2 is 2.19 bits per heavy atom. The molecule has 0 saturated carbocycles. The fourth-order valence-electron chi connectivity index (χ4n) is 4.10. The van der Waals surface area contributed by atoms with E-state index in [0.29, 0.717) is 24.4 Å². The number of nitrogens with one attached hydrogen (secondary N) is 1. The van der Waals surface area contributed by atoms with Crippen LogP contribution >= 0.6 is 9.24 Å². The number of hydrogen-bond donors (Lipinski definition) is 1. The maximum Gasteiger partial charge on any atom is 0.312 e. The molecule has 0 fully saturated rings. The van der Waals surface area contributed by atoms with E-state index >= 15 is 0 Å². The number of carbonyl (C=O) groups is 1. The summed E-state index contributed by atoms with van der Waals surface area (Å²) in [5.74, 6) is -0.212. The molecule has 5 aromatic rings. The lowest BCUT2D eigenvalue weighted by Gasteiger charge is -2.32. The van der Waals surface area contributed by atoms with Crippen LogP contribution in [0.3, 0.4) is 0 Å². The van der Waals surface area contributed by atoms with E-state index in [1.54, 1.807) is 35.2 Å². The van der Waals surface area contributed by atoms with Crippen LogP contribution in [0.25, 0.3) is 17.1 Å². The molecule has 6 rings (SSSR count). The number of aromatic amines is 1. The third-order valence-corrected chi connectivity index (χ3v) is 6.09. The molecule has 160 valence electrons. The van der Waals surface area contributed by atoms with Gasteiger partial charge in [0.15, 0.2) is 0 Å². The summed E-state index contributed by atoms with van der Waals surface area (Å²) in [5, 5.41) is 16.9. The quantitative estimate of drug-likeness (QED) is 0.411. The van der Waals surface area contributed by atoms with Crippen molar-refractivity contribution >= 4 is 26.1 Å². The summed E-state index contributed by atoms with van der Waals surface area (Å²) in [6.45, 7) is 0.462. The largest absolute Gasteiger partial charge is 0.411 e. The molecule has 1 aliphatic heterocycles. The zero-order valence-corrected chi connectivity index (χ0v) is 18.2. The SMILES string of the molecule is Cn1nccc1-c1nnc(C(=O)N2CCc3[nH]cnc3[C@H]2c2cc3cccc(P)n3n2)o1. The van der Waals surface area contributed by atoms with Crippen molar-refractivity contribution in [3.05, 3.63) is 65.8 Å². The first-order chi connectivity index (χ1) is 15.6. The number of nitrogens with zero attached hydrogens (tertiary/aromatic N) is 8. The monoisotopic (exact) mass is 447 g/mol. The van der Waals surface area contributed by atoms with Gasteiger partial charge in [-0.1, -0.05) is 15.3 Å². The third kappa shape index (κ3) is 2.85. The zero-order valence-electron chi connectivity index (χ0n) is 17.0. The Balaban J connectivity index is 1.42. The highest BCUT2D eigenvalue weighted by molar-refractivity contribution is 7.27. The van der Waals surface area contributed by atoms with Gasteiger partial charge in [-0.05, 0) is 24.3 Å². The van der Waals surface area contributed by atoms with Crippen LogP contribution in [-0.4, -0.2) is 56.9 Å². The van der Waals surface area contributed by atoms with Crippen molar-refractivity contribution in [2.45, 2.75) is 12.5 Å². The normalized spacial score (nSPS) is 15.9. The molecule has 1 N–H and O–H groups in total. The van der Waals surface area contributed by atoms with E-state index in [1.807, 2.05) is 28.8 Å². The molecule has 1 amide bonds. The van der Waals surface area contributed by atoms with Crippen LogP contribution in [0.4, 0.5) is 0 Å².